The molecule has 0 atom stereocenters. The van der Waals surface area contributed by atoms with Gasteiger partial charge in [-0.15, -0.1) is 6.07 Å². The van der Waals surface area contributed by atoms with E-state index >= 15 is 0 Å². The fourth-order valence-electron chi connectivity index (χ4n) is 2.87. The van der Waals surface area contributed by atoms with Crippen LogP contribution in [0.4, 0.5) is 0 Å². The average molecular weight is 368 g/mol. The van der Waals surface area contributed by atoms with Gasteiger partial charge in [0.25, 0.3) is 0 Å². The molecule has 2 aliphatic heterocycles. The number of aromatic amines is 2. The molecule has 0 saturated carbocycles. The summed E-state index contributed by atoms with van der Waals surface area (Å²) in [6.45, 7) is 0. The van der Waals surface area contributed by atoms with Crippen LogP contribution in [0.5, 0.6) is 0 Å². The summed E-state index contributed by atoms with van der Waals surface area (Å²) in [6, 6.07) is 17.3. The van der Waals surface area contributed by atoms with E-state index in [0.29, 0.717) is 0 Å². The van der Waals surface area contributed by atoms with Gasteiger partial charge in [-0.05, 0) is 54.1 Å². The van der Waals surface area contributed by atoms with E-state index < -0.39 is 0 Å². The van der Waals surface area contributed by atoms with Crippen LogP contribution in [-0.4, -0.2) is 19.9 Å². The maximum absolute atomic E-state index is 4.61. The number of nitrogens with one attached hydrogen (secondary N) is 2. The van der Waals surface area contributed by atoms with Crippen molar-refractivity contribution in [2.45, 2.75) is 0 Å². The minimum atomic E-state index is 0. The van der Waals surface area contributed by atoms with Crippen LogP contribution in [0, 0.1) is 6.07 Å². The molecule has 0 amide bonds. The first kappa shape index (κ1) is 15.6. The topological polar surface area (TPSA) is 57.4 Å². The Kier molecular flexibility index (Phi) is 3.87. The van der Waals surface area contributed by atoms with E-state index in [-0.39, 0.29) is 16.8 Å². The first-order valence-electron chi connectivity index (χ1n) is 7.76. The zero-order chi connectivity index (χ0) is 15.9. The molecular weight excluding hydrogens is 355 g/mol. The van der Waals surface area contributed by atoms with Crippen molar-refractivity contribution < 1.29 is 16.8 Å². The Labute approximate surface area is 154 Å². The summed E-state index contributed by atoms with van der Waals surface area (Å²) in [5.74, 6) is 0. The molecule has 5 heteroatoms. The van der Waals surface area contributed by atoms with Gasteiger partial charge in [0.15, 0.2) is 0 Å². The molecule has 0 fully saturated rings. The molecule has 0 saturated heterocycles. The van der Waals surface area contributed by atoms with Gasteiger partial charge in [0.05, 0.1) is 22.8 Å². The van der Waals surface area contributed by atoms with Gasteiger partial charge in [-0.3, -0.25) is 4.98 Å². The number of rotatable bonds is 0. The van der Waals surface area contributed by atoms with Crippen LogP contribution in [0.3, 0.4) is 0 Å². The molecule has 3 aromatic heterocycles. The molecule has 2 N–H and O–H groups in total. The number of aromatic nitrogens is 4. The minimum absolute atomic E-state index is 0. The molecule has 5 heterocycles. The zero-order valence-corrected chi connectivity index (χ0v) is 14.1. The zero-order valence-electron chi connectivity index (χ0n) is 13.1. The molecule has 25 heavy (non-hydrogen) atoms. The fourth-order valence-corrected chi connectivity index (χ4v) is 2.87. The van der Waals surface area contributed by atoms with Gasteiger partial charge in [0, 0.05) is 22.3 Å². The second-order valence-electron chi connectivity index (χ2n) is 5.82. The van der Waals surface area contributed by atoms with Crippen molar-refractivity contribution in [3.63, 3.8) is 0 Å². The van der Waals surface area contributed by atoms with Gasteiger partial charge in [-0.25, -0.2) is 4.98 Å². The van der Waals surface area contributed by atoms with Crippen LogP contribution in [0.1, 0.15) is 22.8 Å². The van der Waals surface area contributed by atoms with Gasteiger partial charge in [0.1, 0.15) is 0 Å². The normalized spacial score (nSPS) is 12.2. The van der Waals surface area contributed by atoms with Crippen LogP contribution < -0.4 is 0 Å². The maximum atomic E-state index is 4.61. The first-order valence-corrected chi connectivity index (χ1v) is 7.76. The third-order valence-electron chi connectivity index (χ3n) is 3.96. The SMILES string of the molecule is [Co].[c-]1cc2cc3nc(cc4nc(cc5ccc(cc1[nH]2)[nH]5)C=C4)C=C3. The summed E-state index contributed by atoms with van der Waals surface area (Å²) in [5.41, 5.74) is 7.59. The monoisotopic (exact) mass is 368 g/mol. The van der Waals surface area contributed by atoms with Crippen molar-refractivity contribution >= 4 is 46.4 Å². The second kappa shape index (κ2) is 6.20. The molecule has 123 valence electrons. The second-order valence-corrected chi connectivity index (χ2v) is 5.82. The first-order chi connectivity index (χ1) is 11.8. The average Bonchev–Trinajstić information content (AvgIpc) is 3.32. The predicted molar refractivity (Wildman–Crippen MR) is 97.7 cm³/mol. The molecule has 5 rings (SSSR count). The molecule has 4 nitrogen and oxygen atoms in total. The summed E-state index contributed by atoms with van der Waals surface area (Å²) < 4.78 is 0. The van der Waals surface area contributed by atoms with Gasteiger partial charge in [0.2, 0.25) is 0 Å². The molecule has 8 bridgehead atoms. The van der Waals surface area contributed by atoms with E-state index in [1.807, 2.05) is 66.8 Å². The molecule has 2 aliphatic rings. The Balaban J connectivity index is 0.00000157. The van der Waals surface area contributed by atoms with Crippen molar-refractivity contribution in [1.29, 1.82) is 0 Å². The van der Waals surface area contributed by atoms with E-state index in [9.17, 15) is 0 Å². The molecule has 1 radical (unpaired) electrons. The smallest absolute Gasteiger partial charge is 0.0659 e. The van der Waals surface area contributed by atoms with Crippen LogP contribution in [-0.2, 0) is 16.8 Å². The Morgan fingerprint density at radius 3 is 1.88 bits per heavy atom. The van der Waals surface area contributed by atoms with Crippen molar-refractivity contribution in [3.8, 4) is 0 Å². The van der Waals surface area contributed by atoms with Crippen LogP contribution >= 0.6 is 0 Å². The predicted octanol–water partition coefficient (Wildman–Crippen LogP) is 4.45. The number of hydrogen-bond acceptors (Lipinski definition) is 2. The summed E-state index contributed by atoms with van der Waals surface area (Å²) in [5, 5.41) is 0. The van der Waals surface area contributed by atoms with Crippen molar-refractivity contribution in [3.05, 3.63) is 71.3 Å². The van der Waals surface area contributed by atoms with Gasteiger partial charge in [-0.1, -0.05) is 17.1 Å². The summed E-state index contributed by atoms with van der Waals surface area (Å²) >= 11 is 0. The Morgan fingerprint density at radius 1 is 0.640 bits per heavy atom. The standard InChI is InChI=1S/C20H13N4.Co/c1-2-14-10-16-5-6-18(23-16)12-20-8-7-19(24-20)11-17-4-3-15(22-17)9-13(1)21-14;/h1-7,9-12,23-24H;/q-1;. The van der Waals surface area contributed by atoms with E-state index in [2.05, 4.69) is 26.0 Å². The van der Waals surface area contributed by atoms with E-state index in [4.69, 9.17) is 0 Å². The molecule has 0 aliphatic carbocycles. The number of hydrogen-bond donors (Lipinski definition) is 2. The molecule has 0 spiro atoms. The van der Waals surface area contributed by atoms with E-state index in [1.54, 1.807) is 0 Å². The molecule has 3 aromatic rings. The van der Waals surface area contributed by atoms with E-state index in [1.165, 1.54) is 0 Å². The van der Waals surface area contributed by atoms with Crippen molar-refractivity contribution in [1.82, 2.24) is 19.9 Å². The summed E-state index contributed by atoms with van der Waals surface area (Å²) in [7, 11) is 0. The van der Waals surface area contributed by atoms with Gasteiger partial charge in [-0.2, -0.15) is 12.1 Å². The van der Waals surface area contributed by atoms with Gasteiger partial charge < -0.3 is 9.97 Å². The van der Waals surface area contributed by atoms with E-state index in [0.717, 1.165) is 44.8 Å². The Bertz CT molecular complexity index is 1080. The fraction of sp³-hybridized carbons (Fsp3) is 0. The van der Waals surface area contributed by atoms with Crippen LogP contribution in [0.2, 0.25) is 0 Å². The molecular formula is C20H13CoN4-. The third kappa shape index (κ3) is 3.20. The number of H-pyrrole nitrogens is 2. The third-order valence-corrected chi connectivity index (χ3v) is 3.96. The molecule has 0 unspecified atom stereocenters. The largest absolute Gasteiger partial charge is 0.428 e. The maximum Gasteiger partial charge on any atom is 0.0659 e. The van der Waals surface area contributed by atoms with Crippen LogP contribution in [0.15, 0.2) is 42.5 Å². The number of fused-ring (bicyclic) bond motifs is 8. The minimum Gasteiger partial charge on any atom is -0.428 e. The van der Waals surface area contributed by atoms with Gasteiger partial charge >= 0.3 is 0 Å². The van der Waals surface area contributed by atoms with Crippen LogP contribution in [0.25, 0.3) is 46.4 Å². The van der Waals surface area contributed by atoms with Crippen molar-refractivity contribution in [2.75, 3.05) is 0 Å². The summed E-state index contributed by atoms with van der Waals surface area (Å²) in [4.78, 5) is 15.9. The Hall–Kier alpha value is -2.89. The quantitative estimate of drug-likeness (QED) is 0.397. The Morgan fingerprint density at radius 2 is 1.20 bits per heavy atom. The number of nitrogens with zero attached hydrogens (tertiary/aromatic N) is 2. The summed E-state index contributed by atoms with van der Waals surface area (Å²) in [6.07, 6.45) is 8.01. The van der Waals surface area contributed by atoms with Crippen molar-refractivity contribution in [2.24, 2.45) is 0 Å². The molecule has 0 aromatic carbocycles.